The SMILES string of the molecule is CCOc1nc(NC)nc(NCCC(=O)NCC(C)C)n1. The molecular formula is C13H24N6O2. The summed E-state index contributed by atoms with van der Waals surface area (Å²) < 4.78 is 5.26. The predicted octanol–water partition coefficient (Wildman–Crippen LogP) is 0.886. The average molecular weight is 296 g/mol. The standard InChI is InChI=1S/C13H24N6O2/c1-5-21-13-18-11(14-4)17-12(19-13)15-7-6-10(20)16-8-9(2)3/h9H,5-8H2,1-4H3,(H,16,20)(H2,14,15,17,18,19). The van der Waals surface area contributed by atoms with E-state index >= 15 is 0 Å². The van der Waals surface area contributed by atoms with E-state index in [1.165, 1.54) is 0 Å². The van der Waals surface area contributed by atoms with Crippen molar-refractivity contribution >= 4 is 17.8 Å². The molecule has 0 saturated carbocycles. The van der Waals surface area contributed by atoms with Crippen molar-refractivity contribution in [2.45, 2.75) is 27.2 Å². The number of nitrogens with one attached hydrogen (secondary N) is 3. The molecule has 3 N–H and O–H groups in total. The van der Waals surface area contributed by atoms with E-state index in [1.807, 2.05) is 6.92 Å². The van der Waals surface area contributed by atoms with Crippen LogP contribution in [0.2, 0.25) is 0 Å². The van der Waals surface area contributed by atoms with Gasteiger partial charge in [0.15, 0.2) is 0 Å². The van der Waals surface area contributed by atoms with Crippen molar-refractivity contribution in [2.24, 2.45) is 5.92 Å². The quantitative estimate of drug-likeness (QED) is 0.622. The fraction of sp³-hybridized carbons (Fsp3) is 0.692. The summed E-state index contributed by atoms with van der Waals surface area (Å²) in [6.07, 6.45) is 0.358. The number of nitrogens with zero attached hydrogens (tertiary/aromatic N) is 3. The lowest BCUT2D eigenvalue weighted by molar-refractivity contribution is -0.120. The Bertz CT molecular complexity index is 452. The molecule has 8 heteroatoms. The first-order chi connectivity index (χ1) is 10.0. The second-order valence-corrected chi connectivity index (χ2v) is 4.82. The molecule has 0 aliphatic rings. The molecule has 0 spiro atoms. The molecule has 0 saturated heterocycles. The molecule has 118 valence electrons. The van der Waals surface area contributed by atoms with Gasteiger partial charge in [-0.2, -0.15) is 15.0 Å². The van der Waals surface area contributed by atoms with Gasteiger partial charge < -0.3 is 20.7 Å². The molecule has 21 heavy (non-hydrogen) atoms. The van der Waals surface area contributed by atoms with Gasteiger partial charge in [0, 0.05) is 26.6 Å². The topological polar surface area (TPSA) is 101 Å². The lowest BCUT2D eigenvalue weighted by Gasteiger charge is -2.09. The summed E-state index contributed by atoms with van der Waals surface area (Å²) in [5, 5.41) is 8.68. The van der Waals surface area contributed by atoms with Crippen LogP contribution in [0.15, 0.2) is 0 Å². The van der Waals surface area contributed by atoms with E-state index in [1.54, 1.807) is 7.05 Å². The van der Waals surface area contributed by atoms with Gasteiger partial charge in [0.25, 0.3) is 0 Å². The average Bonchev–Trinajstić information content (AvgIpc) is 2.45. The van der Waals surface area contributed by atoms with Crippen molar-refractivity contribution < 1.29 is 9.53 Å². The van der Waals surface area contributed by atoms with Crippen molar-refractivity contribution in [2.75, 3.05) is 37.4 Å². The number of anilines is 2. The van der Waals surface area contributed by atoms with Gasteiger partial charge in [0.1, 0.15) is 0 Å². The maximum absolute atomic E-state index is 11.6. The highest BCUT2D eigenvalue weighted by Crippen LogP contribution is 2.10. The fourth-order valence-electron chi connectivity index (χ4n) is 1.44. The minimum Gasteiger partial charge on any atom is -0.464 e. The van der Waals surface area contributed by atoms with Crippen molar-refractivity contribution in [1.82, 2.24) is 20.3 Å². The largest absolute Gasteiger partial charge is 0.464 e. The number of hydrogen-bond donors (Lipinski definition) is 3. The molecule has 1 heterocycles. The second kappa shape index (κ2) is 8.93. The molecule has 1 amide bonds. The number of amides is 1. The Labute approximate surface area is 125 Å². The molecule has 8 nitrogen and oxygen atoms in total. The Morgan fingerprint density at radius 2 is 1.95 bits per heavy atom. The fourth-order valence-corrected chi connectivity index (χ4v) is 1.44. The maximum Gasteiger partial charge on any atom is 0.323 e. The minimum atomic E-state index is 0.00382. The van der Waals surface area contributed by atoms with E-state index in [4.69, 9.17) is 4.74 Å². The molecule has 0 fully saturated rings. The van der Waals surface area contributed by atoms with E-state index in [2.05, 4.69) is 44.7 Å². The van der Waals surface area contributed by atoms with E-state index in [0.29, 0.717) is 43.9 Å². The first-order valence-corrected chi connectivity index (χ1v) is 7.12. The predicted molar refractivity (Wildman–Crippen MR) is 81.5 cm³/mol. The molecule has 0 aliphatic carbocycles. The molecule has 0 unspecified atom stereocenters. The van der Waals surface area contributed by atoms with Gasteiger partial charge in [-0.05, 0) is 12.8 Å². The van der Waals surface area contributed by atoms with Crippen LogP contribution >= 0.6 is 0 Å². The minimum absolute atomic E-state index is 0.00382. The number of hydrogen-bond acceptors (Lipinski definition) is 7. The van der Waals surface area contributed by atoms with Crippen molar-refractivity contribution in [3.05, 3.63) is 0 Å². The third kappa shape index (κ3) is 6.73. The molecule has 1 aromatic rings. The molecule has 0 aromatic carbocycles. The number of carbonyl (C=O) groups is 1. The third-order valence-electron chi connectivity index (χ3n) is 2.45. The van der Waals surface area contributed by atoms with Crippen molar-refractivity contribution in [3.63, 3.8) is 0 Å². The first kappa shape index (κ1) is 16.9. The van der Waals surface area contributed by atoms with E-state index in [0.717, 1.165) is 0 Å². The zero-order valence-electron chi connectivity index (χ0n) is 13.1. The first-order valence-electron chi connectivity index (χ1n) is 7.12. The van der Waals surface area contributed by atoms with Crippen LogP contribution in [0.3, 0.4) is 0 Å². The van der Waals surface area contributed by atoms with E-state index in [-0.39, 0.29) is 11.9 Å². The van der Waals surface area contributed by atoms with Crippen LogP contribution in [0, 0.1) is 5.92 Å². The highest BCUT2D eigenvalue weighted by atomic mass is 16.5. The molecule has 0 bridgehead atoms. The Morgan fingerprint density at radius 1 is 1.24 bits per heavy atom. The zero-order chi connectivity index (χ0) is 15.7. The third-order valence-corrected chi connectivity index (χ3v) is 2.45. The van der Waals surface area contributed by atoms with Gasteiger partial charge in [0.05, 0.1) is 6.61 Å². The molecule has 0 aliphatic heterocycles. The van der Waals surface area contributed by atoms with Crippen LogP contribution in [0.5, 0.6) is 6.01 Å². The summed E-state index contributed by atoms with van der Waals surface area (Å²) in [6.45, 7) is 7.57. The maximum atomic E-state index is 11.6. The zero-order valence-corrected chi connectivity index (χ0v) is 13.1. The summed E-state index contributed by atoms with van der Waals surface area (Å²) >= 11 is 0. The lowest BCUT2D eigenvalue weighted by Crippen LogP contribution is -2.28. The molecule has 0 atom stereocenters. The molecule has 1 rings (SSSR count). The summed E-state index contributed by atoms with van der Waals surface area (Å²) in [4.78, 5) is 23.9. The van der Waals surface area contributed by atoms with Gasteiger partial charge in [0.2, 0.25) is 17.8 Å². The van der Waals surface area contributed by atoms with Crippen molar-refractivity contribution in [3.8, 4) is 6.01 Å². The molecule has 1 aromatic heterocycles. The van der Waals surface area contributed by atoms with Crippen LogP contribution in [-0.4, -0.2) is 47.6 Å². The van der Waals surface area contributed by atoms with E-state index < -0.39 is 0 Å². The number of ether oxygens (including phenoxy) is 1. The number of carbonyl (C=O) groups excluding carboxylic acids is 1. The Kier molecular flexibility index (Phi) is 7.20. The van der Waals surface area contributed by atoms with Crippen LogP contribution < -0.4 is 20.7 Å². The van der Waals surface area contributed by atoms with Gasteiger partial charge >= 0.3 is 6.01 Å². The lowest BCUT2D eigenvalue weighted by atomic mass is 10.2. The molecular weight excluding hydrogens is 272 g/mol. The van der Waals surface area contributed by atoms with Crippen LogP contribution in [-0.2, 0) is 4.79 Å². The van der Waals surface area contributed by atoms with Gasteiger partial charge in [-0.1, -0.05) is 13.8 Å². The number of rotatable bonds is 9. The van der Waals surface area contributed by atoms with Crippen molar-refractivity contribution in [1.29, 1.82) is 0 Å². The smallest absolute Gasteiger partial charge is 0.323 e. The highest BCUT2D eigenvalue weighted by molar-refractivity contribution is 5.76. The van der Waals surface area contributed by atoms with Gasteiger partial charge in [-0.3, -0.25) is 4.79 Å². The van der Waals surface area contributed by atoms with E-state index in [9.17, 15) is 4.79 Å². The number of aromatic nitrogens is 3. The van der Waals surface area contributed by atoms with Crippen LogP contribution in [0.4, 0.5) is 11.9 Å². The Hall–Kier alpha value is -2.12. The highest BCUT2D eigenvalue weighted by Gasteiger charge is 2.07. The van der Waals surface area contributed by atoms with Gasteiger partial charge in [-0.25, -0.2) is 0 Å². The summed E-state index contributed by atoms with van der Waals surface area (Å²) in [5.74, 6) is 1.25. The second-order valence-electron chi connectivity index (χ2n) is 4.82. The van der Waals surface area contributed by atoms with Crippen LogP contribution in [0.25, 0.3) is 0 Å². The normalized spacial score (nSPS) is 10.3. The summed E-state index contributed by atoms with van der Waals surface area (Å²) in [6, 6.07) is 0.253. The van der Waals surface area contributed by atoms with Crippen LogP contribution in [0.1, 0.15) is 27.2 Å². The summed E-state index contributed by atoms with van der Waals surface area (Å²) in [5.41, 5.74) is 0. The Morgan fingerprint density at radius 3 is 2.57 bits per heavy atom. The monoisotopic (exact) mass is 296 g/mol. The summed E-state index contributed by atoms with van der Waals surface area (Å²) in [7, 11) is 1.72. The molecule has 0 radical (unpaired) electrons. The Balaban J connectivity index is 2.47. The van der Waals surface area contributed by atoms with Gasteiger partial charge in [-0.15, -0.1) is 0 Å².